The summed E-state index contributed by atoms with van der Waals surface area (Å²) in [5.74, 6) is 0.232. The molecule has 7 heteroatoms. The molecule has 0 bridgehead atoms. The number of piperazine rings is 1. The molecule has 0 radical (unpaired) electrons. The van der Waals surface area contributed by atoms with Crippen molar-refractivity contribution < 1.29 is 4.39 Å². The lowest BCUT2D eigenvalue weighted by Gasteiger charge is -2.34. The van der Waals surface area contributed by atoms with E-state index in [0.29, 0.717) is 11.5 Å². The fourth-order valence-corrected chi connectivity index (χ4v) is 3.30. The van der Waals surface area contributed by atoms with Crippen LogP contribution in [0.25, 0.3) is 10.9 Å². The van der Waals surface area contributed by atoms with E-state index < -0.39 is 5.82 Å². The van der Waals surface area contributed by atoms with E-state index in [-0.39, 0.29) is 5.02 Å². The number of hydrogen-bond acceptors (Lipinski definition) is 5. The summed E-state index contributed by atoms with van der Waals surface area (Å²) in [6, 6.07) is 10.7. The monoisotopic (exact) mass is 371 g/mol. The molecule has 1 saturated heterocycles. The number of anilines is 3. The number of hydrogen-bond donors (Lipinski definition) is 1. The third kappa shape index (κ3) is 3.43. The molecule has 26 heavy (non-hydrogen) atoms. The highest BCUT2D eigenvalue weighted by Gasteiger charge is 2.15. The average molecular weight is 372 g/mol. The standard InChI is InChI=1S/C19H19ClFN5/c1-25-6-8-26(9-7-25)14-3-5-18-15(11-14)19(23-12-22-18)24-13-2-4-17(21)16(20)10-13/h2-5,10-12H,6-9H2,1H3,(H,22,23,24). The van der Waals surface area contributed by atoms with E-state index in [2.05, 4.69) is 44.3 Å². The molecule has 1 N–H and O–H groups in total. The van der Waals surface area contributed by atoms with Gasteiger partial charge < -0.3 is 15.1 Å². The number of rotatable bonds is 3. The van der Waals surface area contributed by atoms with Crippen molar-refractivity contribution in [2.24, 2.45) is 0 Å². The van der Waals surface area contributed by atoms with Crippen LogP contribution in [0.3, 0.4) is 0 Å². The largest absolute Gasteiger partial charge is 0.369 e. The number of likely N-dealkylation sites (N-methyl/N-ethyl adjacent to an activating group) is 1. The summed E-state index contributed by atoms with van der Waals surface area (Å²) in [7, 11) is 2.14. The Morgan fingerprint density at radius 1 is 1.04 bits per heavy atom. The van der Waals surface area contributed by atoms with Gasteiger partial charge in [-0.2, -0.15) is 0 Å². The fourth-order valence-electron chi connectivity index (χ4n) is 3.12. The Bertz CT molecular complexity index is 940. The SMILES string of the molecule is CN1CCN(c2ccc3ncnc(Nc4ccc(F)c(Cl)c4)c3c2)CC1. The van der Waals surface area contributed by atoms with Crippen LogP contribution in [0.4, 0.5) is 21.6 Å². The molecule has 4 rings (SSSR count). The van der Waals surface area contributed by atoms with Crippen molar-refractivity contribution in [3.63, 3.8) is 0 Å². The van der Waals surface area contributed by atoms with Crippen LogP contribution in [0.15, 0.2) is 42.7 Å². The fraction of sp³-hybridized carbons (Fsp3) is 0.263. The van der Waals surface area contributed by atoms with E-state index in [4.69, 9.17) is 11.6 Å². The number of nitrogens with zero attached hydrogens (tertiary/aromatic N) is 4. The molecule has 5 nitrogen and oxygen atoms in total. The zero-order valence-corrected chi connectivity index (χ0v) is 15.2. The van der Waals surface area contributed by atoms with Gasteiger partial charge in [0.25, 0.3) is 0 Å². The van der Waals surface area contributed by atoms with Crippen LogP contribution < -0.4 is 10.2 Å². The summed E-state index contributed by atoms with van der Waals surface area (Å²) in [5, 5.41) is 4.22. The molecule has 0 unspecified atom stereocenters. The van der Waals surface area contributed by atoms with Crippen molar-refractivity contribution in [2.75, 3.05) is 43.4 Å². The molecular weight excluding hydrogens is 353 g/mol. The van der Waals surface area contributed by atoms with Gasteiger partial charge in [0.15, 0.2) is 0 Å². The summed E-state index contributed by atoms with van der Waals surface area (Å²) in [6.07, 6.45) is 1.52. The first-order chi connectivity index (χ1) is 12.6. The molecule has 0 spiro atoms. The number of fused-ring (bicyclic) bond motifs is 1. The summed E-state index contributed by atoms with van der Waals surface area (Å²) >= 11 is 5.88. The molecule has 1 aliphatic heterocycles. The van der Waals surface area contributed by atoms with Gasteiger partial charge in [0.05, 0.1) is 10.5 Å². The van der Waals surface area contributed by atoms with Crippen molar-refractivity contribution in [2.45, 2.75) is 0 Å². The van der Waals surface area contributed by atoms with E-state index >= 15 is 0 Å². The quantitative estimate of drug-likeness (QED) is 0.756. The van der Waals surface area contributed by atoms with Gasteiger partial charge in [0.1, 0.15) is 18.0 Å². The van der Waals surface area contributed by atoms with Crippen molar-refractivity contribution in [3.8, 4) is 0 Å². The van der Waals surface area contributed by atoms with Crippen molar-refractivity contribution >= 4 is 39.7 Å². The molecule has 0 saturated carbocycles. The van der Waals surface area contributed by atoms with Gasteiger partial charge in [-0.3, -0.25) is 0 Å². The third-order valence-corrected chi connectivity index (χ3v) is 4.96. The van der Waals surface area contributed by atoms with Crippen LogP contribution in [0.2, 0.25) is 5.02 Å². The Morgan fingerprint density at radius 3 is 2.62 bits per heavy atom. The van der Waals surface area contributed by atoms with E-state index in [1.54, 1.807) is 12.1 Å². The maximum atomic E-state index is 13.4. The number of benzene rings is 2. The number of aromatic nitrogens is 2. The van der Waals surface area contributed by atoms with Crippen LogP contribution in [0, 0.1) is 5.82 Å². The van der Waals surface area contributed by atoms with E-state index in [9.17, 15) is 4.39 Å². The predicted molar refractivity (Wildman–Crippen MR) is 104 cm³/mol. The molecule has 1 aliphatic rings. The first-order valence-corrected chi connectivity index (χ1v) is 8.88. The van der Waals surface area contributed by atoms with Crippen LogP contribution in [-0.2, 0) is 0 Å². The molecule has 134 valence electrons. The topological polar surface area (TPSA) is 44.3 Å². The summed E-state index contributed by atoms with van der Waals surface area (Å²) in [6.45, 7) is 4.07. The van der Waals surface area contributed by atoms with Crippen LogP contribution in [0.1, 0.15) is 0 Å². The van der Waals surface area contributed by atoms with Crippen molar-refractivity contribution in [1.29, 1.82) is 0 Å². The first kappa shape index (κ1) is 17.0. The van der Waals surface area contributed by atoms with Gasteiger partial charge in [-0.05, 0) is 43.4 Å². The second-order valence-corrected chi connectivity index (χ2v) is 6.88. The normalized spacial score (nSPS) is 15.4. The lowest BCUT2D eigenvalue weighted by Crippen LogP contribution is -2.44. The van der Waals surface area contributed by atoms with Crippen molar-refractivity contribution in [1.82, 2.24) is 14.9 Å². The summed E-state index contributed by atoms with van der Waals surface area (Å²) in [4.78, 5) is 13.4. The first-order valence-electron chi connectivity index (χ1n) is 8.50. The number of halogens is 2. The highest BCUT2D eigenvalue weighted by molar-refractivity contribution is 6.31. The number of nitrogens with one attached hydrogen (secondary N) is 1. The molecule has 2 aromatic carbocycles. The zero-order chi connectivity index (χ0) is 18.1. The van der Waals surface area contributed by atoms with Gasteiger partial charge in [0, 0.05) is 42.9 Å². The minimum Gasteiger partial charge on any atom is -0.369 e. The Balaban J connectivity index is 1.68. The molecule has 0 amide bonds. The molecule has 3 aromatic rings. The molecule has 2 heterocycles. The highest BCUT2D eigenvalue weighted by atomic mass is 35.5. The predicted octanol–water partition coefficient (Wildman–Crippen LogP) is 3.92. The van der Waals surface area contributed by atoms with Crippen molar-refractivity contribution in [3.05, 3.63) is 53.6 Å². The minimum absolute atomic E-state index is 0.0755. The van der Waals surface area contributed by atoms with E-state index in [0.717, 1.165) is 42.8 Å². The van der Waals surface area contributed by atoms with E-state index in [1.165, 1.54) is 12.4 Å². The molecular formula is C19H19ClFN5. The summed E-state index contributed by atoms with van der Waals surface area (Å²) in [5.41, 5.74) is 2.69. The Morgan fingerprint density at radius 2 is 1.85 bits per heavy atom. The van der Waals surface area contributed by atoms with Crippen LogP contribution in [0.5, 0.6) is 0 Å². The second-order valence-electron chi connectivity index (χ2n) is 6.47. The lowest BCUT2D eigenvalue weighted by molar-refractivity contribution is 0.313. The Kier molecular flexibility index (Phi) is 4.61. The van der Waals surface area contributed by atoms with Gasteiger partial charge in [-0.25, -0.2) is 14.4 Å². The van der Waals surface area contributed by atoms with Crippen LogP contribution >= 0.6 is 11.6 Å². The maximum absolute atomic E-state index is 13.4. The van der Waals surface area contributed by atoms with Gasteiger partial charge in [-0.15, -0.1) is 0 Å². The Hall–Kier alpha value is -2.44. The zero-order valence-electron chi connectivity index (χ0n) is 14.4. The smallest absolute Gasteiger partial charge is 0.141 e. The minimum atomic E-state index is -0.442. The highest BCUT2D eigenvalue weighted by Crippen LogP contribution is 2.29. The lowest BCUT2D eigenvalue weighted by atomic mass is 10.1. The Labute approximate surface area is 156 Å². The average Bonchev–Trinajstić information content (AvgIpc) is 2.65. The molecule has 0 aliphatic carbocycles. The van der Waals surface area contributed by atoms with Gasteiger partial charge in [-0.1, -0.05) is 11.6 Å². The maximum Gasteiger partial charge on any atom is 0.141 e. The van der Waals surface area contributed by atoms with Gasteiger partial charge >= 0.3 is 0 Å². The molecule has 1 fully saturated rings. The summed E-state index contributed by atoms with van der Waals surface area (Å²) < 4.78 is 13.4. The van der Waals surface area contributed by atoms with Crippen LogP contribution in [-0.4, -0.2) is 48.1 Å². The third-order valence-electron chi connectivity index (χ3n) is 4.67. The van der Waals surface area contributed by atoms with Gasteiger partial charge in [0.2, 0.25) is 0 Å². The van der Waals surface area contributed by atoms with E-state index in [1.807, 2.05) is 6.07 Å². The second kappa shape index (κ2) is 7.05. The molecule has 0 atom stereocenters. The molecule has 1 aromatic heterocycles.